The van der Waals surface area contributed by atoms with Gasteiger partial charge in [-0.05, 0) is 30.9 Å². The second-order valence-electron chi connectivity index (χ2n) is 13.8. The number of ether oxygens (including phenoxy) is 3. The third kappa shape index (κ3) is 6.57. The standard InChI is InChI=1S/C30H45NO12.2Ac/c1-12(2)20(31-14(4)32)22(36)26(38)43-16-10-30(40)25(42-15(5)33)23-28(8,17(34)9-18-29(23,39)11-41-18)24(37)21(35)19(13(16)3)27(30,6)7;;/h12,16-18,20-23,25,34-36,39-40H,9-11H2,1-8H3,(H,31,32);;/t16?,17-,18+,20-,21+,22+,23-,25-,28+,29-,30+;;/m0../s1. The van der Waals surface area contributed by atoms with Crippen LogP contribution in [0.5, 0.6) is 0 Å². The number of ketones is 1. The maximum Gasteiger partial charge on any atom is 0.337 e. The number of carbonyl (C=O) groups excluding carboxylic acids is 4. The summed E-state index contributed by atoms with van der Waals surface area (Å²) in [5.74, 6) is -5.08. The van der Waals surface area contributed by atoms with Crippen LogP contribution in [0.1, 0.15) is 68.2 Å². The van der Waals surface area contributed by atoms with Gasteiger partial charge in [0.1, 0.15) is 29.5 Å². The number of carbonyl (C=O) groups is 4. The SMILES string of the molecule is CC(=O)N[C@@H](C(C)C)[C@@H](O)C(=O)OC1C[C@@]2(O)[C@@H](OC(C)=O)[C@@H]3[C@]4(O)CO[C@@H]4C[C@H](O)[C@@]3(C)C(=O)[C@H](O)C(=C1C)C2(C)C.[Ac].[Ac]. The van der Waals surface area contributed by atoms with Crippen molar-refractivity contribution in [2.24, 2.45) is 22.7 Å². The predicted molar refractivity (Wildman–Crippen MR) is 148 cm³/mol. The molecular weight excluding hydrogens is 1020 g/mol. The summed E-state index contributed by atoms with van der Waals surface area (Å²) in [4.78, 5) is 51.8. The van der Waals surface area contributed by atoms with Gasteiger partial charge in [0, 0.05) is 126 Å². The van der Waals surface area contributed by atoms with Crippen LogP contribution in [0.25, 0.3) is 0 Å². The topological polar surface area (TPSA) is 209 Å². The smallest absolute Gasteiger partial charge is 0.337 e. The van der Waals surface area contributed by atoms with Crippen LogP contribution in [0.3, 0.4) is 0 Å². The van der Waals surface area contributed by atoms with Crippen LogP contribution in [-0.2, 0) is 33.4 Å². The van der Waals surface area contributed by atoms with E-state index < -0.39 is 101 Å². The zero-order valence-electron chi connectivity index (χ0n) is 27.1. The largest absolute Gasteiger partial charge is 0.459 e. The minimum absolute atomic E-state index is 0. The van der Waals surface area contributed by atoms with Gasteiger partial charge in [-0.3, -0.25) is 14.4 Å². The molecule has 1 aliphatic heterocycles. The summed E-state index contributed by atoms with van der Waals surface area (Å²) < 4.78 is 17.0. The normalized spacial score (nSPS) is 39.6. The van der Waals surface area contributed by atoms with E-state index in [9.17, 15) is 44.7 Å². The molecule has 4 rings (SSSR count). The number of fused-ring (bicyclic) bond motifs is 5. The number of esters is 2. The summed E-state index contributed by atoms with van der Waals surface area (Å²) in [7, 11) is 0. The van der Waals surface area contributed by atoms with Crippen molar-refractivity contribution in [1.82, 2.24) is 5.32 Å². The van der Waals surface area contributed by atoms with E-state index in [4.69, 9.17) is 14.2 Å². The second kappa shape index (κ2) is 14.4. The van der Waals surface area contributed by atoms with E-state index in [0.29, 0.717) is 0 Å². The fourth-order valence-electron chi connectivity index (χ4n) is 8.00. The molecule has 3 fully saturated rings. The molecule has 45 heavy (non-hydrogen) atoms. The fourth-order valence-corrected chi connectivity index (χ4v) is 8.00. The molecule has 4 aliphatic rings. The van der Waals surface area contributed by atoms with Gasteiger partial charge in [0.15, 0.2) is 11.9 Å². The van der Waals surface area contributed by atoms with Crippen molar-refractivity contribution in [2.45, 2.75) is 122 Å². The first-order valence-corrected chi connectivity index (χ1v) is 14.7. The Morgan fingerprint density at radius 1 is 1.04 bits per heavy atom. The Hall–Kier alpha value is 0.463. The molecule has 1 unspecified atom stereocenters. The first-order valence-electron chi connectivity index (χ1n) is 14.7. The molecule has 0 aromatic rings. The zero-order chi connectivity index (χ0) is 32.6. The molecule has 2 radical (unpaired) electrons. The summed E-state index contributed by atoms with van der Waals surface area (Å²) >= 11 is 0. The zero-order valence-corrected chi connectivity index (χ0v) is 36.6. The molecule has 2 saturated carbocycles. The molecule has 11 atom stereocenters. The van der Waals surface area contributed by atoms with Crippen molar-refractivity contribution in [3.63, 3.8) is 0 Å². The number of aliphatic hydroxyl groups is 5. The van der Waals surface area contributed by atoms with Crippen LogP contribution < -0.4 is 5.32 Å². The van der Waals surface area contributed by atoms with E-state index in [-0.39, 0.29) is 118 Å². The maximum atomic E-state index is 14.3. The molecule has 13 nitrogen and oxygen atoms in total. The average molecular weight is 1070 g/mol. The van der Waals surface area contributed by atoms with E-state index in [2.05, 4.69) is 5.32 Å². The minimum Gasteiger partial charge on any atom is -0.459 e. The molecular formula is C30H45Ac2NO12. The van der Waals surface area contributed by atoms with Gasteiger partial charge in [-0.15, -0.1) is 0 Å². The van der Waals surface area contributed by atoms with Crippen molar-refractivity contribution >= 4 is 23.6 Å². The fraction of sp³-hybridized carbons (Fsp3) is 0.800. The first-order chi connectivity index (χ1) is 19.7. The molecule has 2 bridgehead atoms. The second-order valence-corrected chi connectivity index (χ2v) is 13.8. The third-order valence-corrected chi connectivity index (χ3v) is 10.6. The monoisotopic (exact) mass is 1070 g/mol. The van der Waals surface area contributed by atoms with Crippen molar-refractivity contribution in [3.8, 4) is 0 Å². The summed E-state index contributed by atoms with van der Waals surface area (Å²) in [6.45, 7) is 11.5. The number of rotatable bonds is 6. The number of nitrogens with one attached hydrogen (secondary N) is 1. The van der Waals surface area contributed by atoms with Crippen LogP contribution in [0.2, 0.25) is 0 Å². The summed E-state index contributed by atoms with van der Waals surface area (Å²) in [6.07, 6.45) is -9.55. The van der Waals surface area contributed by atoms with Gasteiger partial charge in [-0.1, -0.05) is 27.7 Å². The van der Waals surface area contributed by atoms with Crippen molar-refractivity contribution < 1.29 is 147 Å². The third-order valence-electron chi connectivity index (χ3n) is 10.6. The summed E-state index contributed by atoms with van der Waals surface area (Å²) in [5, 5.41) is 61.0. The van der Waals surface area contributed by atoms with Gasteiger partial charge in [0.2, 0.25) is 5.91 Å². The quantitative estimate of drug-likeness (QED) is 0.144. The molecule has 1 amide bonds. The van der Waals surface area contributed by atoms with Gasteiger partial charge in [-0.25, -0.2) is 4.79 Å². The molecule has 1 saturated heterocycles. The van der Waals surface area contributed by atoms with Gasteiger partial charge in [0.25, 0.3) is 0 Å². The van der Waals surface area contributed by atoms with Crippen LogP contribution in [-0.4, -0.2) is 110 Å². The molecule has 15 heteroatoms. The van der Waals surface area contributed by atoms with Crippen molar-refractivity contribution in [2.75, 3.05) is 6.61 Å². The van der Waals surface area contributed by atoms with Crippen LogP contribution in [0, 0.1) is 111 Å². The summed E-state index contributed by atoms with van der Waals surface area (Å²) in [6, 6.07) is -0.998. The molecule has 3 aliphatic carbocycles. The summed E-state index contributed by atoms with van der Waals surface area (Å²) in [5.41, 5.74) is -7.14. The molecule has 6 N–H and O–H groups in total. The van der Waals surface area contributed by atoms with Crippen LogP contribution in [0.4, 0.5) is 0 Å². The van der Waals surface area contributed by atoms with Crippen molar-refractivity contribution in [3.05, 3.63) is 11.1 Å². The average Bonchev–Trinajstić information content (AvgIpc) is 2.89. The van der Waals surface area contributed by atoms with E-state index in [0.717, 1.165) is 6.92 Å². The number of aliphatic hydroxyl groups excluding tert-OH is 3. The molecule has 248 valence electrons. The minimum atomic E-state index is -2.18. The molecule has 0 aromatic carbocycles. The van der Waals surface area contributed by atoms with E-state index in [1.807, 2.05) is 0 Å². The molecule has 1 heterocycles. The Bertz CT molecular complexity index is 1240. The van der Waals surface area contributed by atoms with Gasteiger partial charge < -0.3 is 45.1 Å². The molecule has 0 aromatic heterocycles. The van der Waals surface area contributed by atoms with Crippen LogP contribution in [0.15, 0.2) is 11.1 Å². The number of hydrogen-bond donors (Lipinski definition) is 6. The number of amides is 1. The van der Waals surface area contributed by atoms with Crippen LogP contribution >= 0.6 is 0 Å². The van der Waals surface area contributed by atoms with Gasteiger partial charge in [0.05, 0.1) is 30.3 Å². The Morgan fingerprint density at radius 2 is 1.62 bits per heavy atom. The van der Waals surface area contributed by atoms with Gasteiger partial charge in [-0.2, -0.15) is 0 Å². The number of hydrogen-bond acceptors (Lipinski definition) is 12. The number of Topliss-reactive ketones (excluding diaryl/α,β-unsaturated/α-hetero) is 1. The maximum absolute atomic E-state index is 14.3. The van der Waals surface area contributed by atoms with E-state index >= 15 is 0 Å². The Labute approximate surface area is 334 Å². The van der Waals surface area contributed by atoms with E-state index in [1.165, 1.54) is 20.8 Å². The Balaban J connectivity index is 0.00000353. The predicted octanol–water partition coefficient (Wildman–Crippen LogP) is -0.710. The molecule has 0 spiro atoms. The Morgan fingerprint density at radius 3 is 2.09 bits per heavy atom. The van der Waals surface area contributed by atoms with Crippen molar-refractivity contribution in [1.29, 1.82) is 0 Å². The first kappa shape index (κ1) is 41.6. The Kier molecular flexibility index (Phi) is 13.3. The van der Waals surface area contributed by atoms with Gasteiger partial charge >= 0.3 is 11.9 Å². The van der Waals surface area contributed by atoms with E-state index in [1.54, 1.807) is 27.7 Å².